The van der Waals surface area contributed by atoms with Crippen molar-refractivity contribution >= 4 is 40.6 Å². The Kier molecular flexibility index (Phi) is 5.70. The van der Waals surface area contributed by atoms with E-state index in [0.717, 1.165) is 0 Å². The largest absolute Gasteiger partial charge is 0.504 e. The summed E-state index contributed by atoms with van der Waals surface area (Å²) in [5.74, 6) is -0.900. The predicted molar refractivity (Wildman–Crippen MR) is 108 cm³/mol. The molecule has 1 amide bonds. The summed E-state index contributed by atoms with van der Waals surface area (Å²) in [7, 11) is 1.46. The van der Waals surface area contributed by atoms with E-state index >= 15 is 0 Å². The molecule has 0 bridgehead atoms. The standard InChI is InChI=1S/C20H18N2O5S/c1-3-22-18(24)17(10-12-7-8-16(27-2)15(23)9-12)28-20(22)21-14-6-4-5-13(11-14)19(25)26/h4-11,23H,3H2,1-2H3,(H,25,26). The molecule has 8 heteroatoms. The van der Waals surface area contributed by atoms with Gasteiger partial charge in [0.2, 0.25) is 0 Å². The normalized spacial score (nSPS) is 16.8. The summed E-state index contributed by atoms with van der Waals surface area (Å²) in [6, 6.07) is 11.1. The molecule has 2 aromatic rings. The highest BCUT2D eigenvalue weighted by Crippen LogP contribution is 2.35. The summed E-state index contributed by atoms with van der Waals surface area (Å²) < 4.78 is 5.02. The lowest BCUT2D eigenvalue weighted by Crippen LogP contribution is -2.28. The zero-order chi connectivity index (χ0) is 20.3. The summed E-state index contributed by atoms with van der Waals surface area (Å²) in [6.07, 6.45) is 1.67. The van der Waals surface area contributed by atoms with Crippen LogP contribution in [0.1, 0.15) is 22.8 Å². The van der Waals surface area contributed by atoms with Crippen molar-refractivity contribution in [2.24, 2.45) is 4.99 Å². The van der Waals surface area contributed by atoms with Gasteiger partial charge < -0.3 is 14.9 Å². The number of likely N-dealkylation sites (N-methyl/N-ethyl adjacent to an activating group) is 1. The number of phenolic OH excluding ortho intramolecular Hbond substituents is 1. The number of carboxylic acids is 1. The SMILES string of the molecule is CCN1C(=O)C(=Cc2ccc(OC)c(O)c2)SC1=Nc1cccc(C(=O)O)c1. The molecule has 144 valence electrons. The fourth-order valence-corrected chi connectivity index (χ4v) is 3.70. The van der Waals surface area contributed by atoms with Gasteiger partial charge in [0.05, 0.1) is 23.3 Å². The molecule has 7 nitrogen and oxygen atoms in total. The number of aliphatic imine (C=N–C) groups is 1. The number of methoxy groups -OCH3 is 1. The smallest absolute Gasteiger partial charge is 0.335 e. The van der Waals surface area contributed by atoms with Crippen molar-refractivity contribution in [2.45, 2.75) is 6.92 Å². The second-order valence-corrected chi connectivity index (χ2v) is 6.85. The van der Waals surface area contributed by atoms with Gasteiger partial charge in [0, 0.05) is 6.54 Å². The van der Waals surface area contributed by atoms with E-state index in [1.54, 1.807) is 30.3 Å². The minimum absolute atomic E-state index is 0.0148. The van der Waals surface area contributed by atoms with Crippen LogP contribution in [0.2, 0.25) is 0 Å². The first-order valence-electron chi connectivity index (χ1n) is 8.43. The average molecular weight is 398 g/mol. The molecule has 1 heterocycles. The maximum Gasteiger partial charge on any atom is 0.335 e. The molecule has 0 unspecified atom stereocenters. The van der Waals surface area contributed by atoms with E-state index in [-0.39, 0.29) is 17.2 Å². The summed E-state index contributed by atoms with van der Waals surface area (Å²) in [5, 5.41) is 19.5. The maximum absolute atomic E-state index is 12.7. The van der Waals surface area contributed by atoms with Gasteiger partial charge in [0.15, 0.2) is 16.7 Å². The summed E-state index contributed by atoms with van der Waals surface area (Å²) in [6.45, 7) is 2.26. The third kappa shape index (κ3) is 4.01. The Morgan fingerprint density at radius 2 is 2.07 bits per heavy atom. The van der Waals surface area contributed by atoms with Crippen LogP contribution in [0.3, 0.4) is 0 Å². The monoisotopic (exact) mass is 398 g/mol. The van der Waals surface area contributed by atoms with Crippen LogP contribution in [0.5, 0.6) is 11.5 Å². The number of ether oxygens (including phenoxy) is 1. The molecular formula is C20H18N2O5S. The minimum atomic E-state index is -1.04. The summed E-state index contributed by atoms with van der Waals surface area (Å²) >= 11 is 1.20. The van der Waals surface area contributed by atoms with Gasteiger partial charge in [-0.05, 0) is 60.7 Å². The minimum Gasteiger partial charge on any atom is -0.504 e. The average Bonchev–Trinajstić information content (AvgIpc) is 2.96. The zero-order valence-corrected chi connectivity index (χ0v) is 16.1. The van der Waals surface area contributed by atoms with Crippen molar-refractivity contribution in [1.82, 2.24) is 4.90 Å². The first kappa shape index (κ1) is 19.5. The number of carbonyl (C=O) groups excluding carboxylic acids is 1. The molecule has 2 aromatic carbocycles. The number of amidine groups is 1. The van der Waals surface area contributed by atoms with E-state index in [0.29, 0.717) is 33.6 Å². The fraction of sp³-hybridized carbons (Fsp3) is 0.150. The molecule has 1 fully saturated rings. The quantitative estimate of drug-likeness (QED) is 0.745. The van der Waals surface area contributed by atoms with Gasteiger partial charge >= 0.3 is 5.97 Å². The third-order valence-electron chi connectivity index (χ3n) is 4.02. The molecule has 1 aliphatic rings. The molecule has 3 rings (SSSR count). The van der Waals surface area contributed by atoms with E-state index in [1.165, 1.54) is 42.0 Å². The van der Waals surface area contributed by atoms with Crippen LogP contribution in [0.15, 0.2) is 52.4 Å². The molecule has 2 N–H and O–H groups in total. The van der Waals surface area contributed by atoms with Crippen molar-refractivity contribution in [2.75, 3.05) is 13.7 Å². The van der Waals surface area contributed by atoms with Crippen LogP contribution in [-0.2, 0) is 4.79 Å². The van der Waals surface area contributed by atoms with Crippen LogP contribution in [0.25, 0.3) is 6.08 Å². The molecule has 0 saturated carbocycles. The number of rotatable bonds is 5. The number of benzene rings is 2. The first-order chi connectivity index (χ1) is 13.4. The predicted octanol–water partition coefficient (Wildman–Crippen LogP) is 3.72. The molecule has 0 aliphatic carbocycles. The zero-order valence-electron chi connectivity index (χ0n) is 15.2. The number of carboxylic acid groups (broad SMARTS) is 1. The second kappa shape index (κ2) is 8.18. The third-order valence-corrected chi connectivity index (χ3v) is 5.03. The highest BCUT2D eigenvalue weighted by molar-refractivity contribution is 8.18. The lowest BCUT2D eigenvalue weighted by molar-refractivity contribution is -0.122. The van der Waals surface area contributed by atoms with Gasteiger partial charge in [0.25, 0.3) is 5.91 Å². The second-order valence-electron chi connectivity index (χ2n) is 5.84. The lowest BCUT2D eigenvalue weighted by atomic mass is 10.2. The van der Waals surface area contributed by atoms with Crippen molar-refractivity contribution in [3.8, 4) is 11.5 Å². The number of aromatic carboxylic acids is 1. The lowest BCUT2D eigenvalue weighted by Gasteiger charge is -2.12. The fourth-order valence-electron chi connectivity index (χ4n) is 2.64. The van der Waals surface area contributed by atoms with Gasteiger partial charge in [-0.25, -0.2) is 9.79 Å². The Balaban J connectivity index is 1.93. The number of nitrogens with zero attached hydrogens (tertiary/aromatic N) is 2. The molecule has 0 spiro atoms. The van der Waals surface area contributed by atoms with Crippen LogP contribution in [0.4, 0.5) is 5.69 Å². The number of amides is 1. The van der Waals surface area contributed by atoms with Crippen LogP contribution < -0.4 is 4.74 Å². The van der Waals surface area contributed by atoms with E-state index in [1.807, 2.05) is 6.92 Å². The number of aromatic hydroxyl groups is 1. The molecule has 28 heavy (non-hydrogen) atoms. The van der Waals surface area contributed by atoms with Crippen LogP contribution in [-0.4, -0.2) is 45.8 Å². The Labute approximate surface area is 166 Å². The van der Waals surface area contributed by atoms with E-state index in [9.17, 15) is 14.7 Å². The molecule has 0 atom stereocenters. The van der Waals surface area contributed by atoms with Gasteiger partial charge in [-0.1, -0.05) is 12.1 Å². The van der Waals surface area contributed by atoms with Crippen molar-refractivity contribution in [1.29, 1.82) is 0 Å². The molecule has 0 aromatic heterocycles. The number of carbonyl (C=O) groups is 2. The van der Waals surface area contributed by atoms with E-state index < -0.39 is 5.97 Å². The van der Waals surface area contributed by atoms with Gasteiger partial charge in [-0.2, -0.15) is 0 Å². The van der Waals surface area contributed by atoms with Crippen LogP contribution in [0, 0.1) is 0 Å². The van der Waals surface area contributed by atoms with Crippen molar-refractivity contribution in [3.05, 3.63) is 58.5 Å². The van der Waals surface area contributed by atoms with Gasteiger partial charge in [-0.3, -0.25) is 9.69 Å². The number of thioether (sulfide) groups is 1. The molecule has 1 aliphatic heterocycles. The van der Waals surface area contributed by atoms with Gasteiger partial charge in [0.1, 0.15) is 0 Å². The van der Waals surface area contributed by atoms with Gasteiger partial charge in [-0.15, -0.1) is 0 Å². The first-order valence-corrected chi connectivity index (χ1v) is 9.25. The Morgan fingerprint density at radius 3 is 2.71 bits per heavy atom. The summed E-state index contributed by atoms with van der Waals surface area (Å²) in [5.41, 5.74) is 1.24. The van der Waals surface area contributed by atoms with Crippen molar-refractivity contribution < 1.29 is 24.5 Å². The number of hydrogen-bond acceptors (Lipinski definition) is 6. The highest BCUT2D eigenvalue weighted by Gasteiger charge is 2.32. The Morgan fingerprint density at radius 1 is 1.29 bits per heavy atom. The molecular weight excluding hydrogens is 380 g/mol. The van der Waals surface area contributed by atoms with Crippen molar-refractivity contribution in [3.63, 3.8) is 0 Å². The number of phenols is 1. The van der Waals surface area contributed by atoms with E-state index in [2.05, 4.69) is 4.99 Å². The van der Waals surface area contributed by atoms with Crippen LogP contribution >= 0.6 is 11.8 Å². The number of hydrogen-bond donors (Lipinski definition) is 2. The van der Waals surface area contributed by atoms with E-state index in [4.69, 9.17) is 9.84 Å². The maximum atomic E-state index is 12.7. The Hall–Kier alpha value is -3.26. The topological polar surface area (TPSA) is 99.4 Å². The Bertz CT molecular complexity index is 1000. The molecule has 1 saturated heterocycles. The highest BCUT2D eigenvalue weighted by atomic mass is 32.2. The molecule has 0 radical (unpaired) electrons. The summed E-state index contributed by atoms with van der Waals surface area (Å²) in [4.78, 5) is 30.3.